The van der Waals surface area contributed by atoms with Crippen LogP contribution >= 0.6 is 0 Å². The first-order chi connectivity index (χ1) is 8.75. The van der Waals surface area contributed by atoms with E-state index in [-0.39, 0.29) is 17.4 Å². The summed E-state index contributed by atoms with van der Waals surface area (Å²) in [6.45, 7) is 3.57. The van der Waals surface area contributed by atoms with Crippen LogP contribution in [0.2, 0.25) is 0 Å². The van der Waals surface area contributed by atoms with Gasteiger partial charge in [0.05, 0.1) is 11.5 Å². The molecule has 2 amide bonds. The van der Waals surface area contributed by atoms with Gasteiger partial charge >= 0.3 is 12.0 Å². The Balaban J connectivity index is 2.52. The number of carboxylic acids is 1. The van der Waals surface area contributed by atoms with Gasteiger partial charge in [-0.05, 0) is 12.3 Å². The van der Waals surface area contributed by atoms with Crippen LogP contribution in [0.25, 0.3) is 0 Å². The molecule has 0 aromatic carbocycles. The smallest absolute Gasteiger partial charge is 0.326 e. The molecule has 0 aromatic rings. The van der Waals surface area contributed by atoms with Gasteiger partial charge in [-0.25, -0.2) is 18.0 Å². The molecule has 3 N–H and O–H groups in total. The number of hydrogen-bond donors (Lipinski definition) is 3. The molecule has 1 heterocycles. The largest absolute Gasteiger partial charge is 0.480 e. The normalized spacial score (nSPS) is 24.4. The number of rotatable bonds is 5. The van der Waals surface area contributed by atoms with Crippen molar-refractivity contribution in [2.24, 2.45) is 5.92 Å². The van der Waals surface area contributed by atoms with Gasteiger partial charge in [0.25, 0.3) is 0 Å². The zero-order valence-corrected chi connectivity index (χ0v) is 11.9. The number of urea groups is 1. The Kier molecular flexibility index (Phi) is 5.16. The highest BCUT2D eigenvalue weighted by atomic mass is 32.2. The van der Waals surface area contributed by atoms with Crippen molar-refractivity contribution in [3.8, 4) is 0 Å². The maximum absolute atomic E-state index is 11.7. The van der Waals surface area contributed by atoms with Crippen LogP contribution in [0.5, 0.6) is 0 Å². The zero-order valence-electron chi connectivity index (χ0n) is 11.0. The quantitative estimate of drug-likeness (QED) is 0.659. The van der Waals surface area contributed by atoms with Crippen LogP contribution in [0.1, 0.15) is 26.7 Å². The van der Waals surface area contributed by atoms with Gasteiger partial charge < -0.3 is 15.7 Å². The summed E-state index contributed by atoms with van der Waals surface area (Å²) in [5, 5.41) is 13.9. The molecule has 0 aliphatic carbocycles. The summed E-state index contributed by atoms with van der Waals surface area (Å²) in [6.07, 6.45) is 0.992. The van der Waals surface area contributed by atoms with E-state index in [0.717, 1.165) is 0 Å². The van der Waals surface area contributed by atoms with Crippen molar-refractivity contribution in [2.45, 2.75) is 38.8 Å². The van der Waals surface area contributed by atoms with E-state index < -0.39 is 33.9 Å². The predicted octanol–water partition coefficient (Wildman–Crippen LogP) is -0.0280. The Morgan fingerprint density at radius 3 is 2.47 bits per heavy atom. The van der Waals surface area contributed by atoms with E-state index in [2.05, 4.69) is 10.6 Å². The van der Waals surface area contributed by atoms with Crippen molar-refractivity contribution in [1.29, 1.82) is 0 Å². The molecule has 1 rings (SSSR count). The number of carboxylic acid groups (broad SMARTS) is 1. The molecule has 7 nitrogen and oxygen atoms in total. The Hall–Kier alpha value is -1.31. The summed E-state index contributed by atoms with van der Waals surface area (Å²) in [6, 6.07) is -2.03. The van der Waals surface area contributed by atoms with Crippen LogP contribution < -0.4 is 10.6 Å². The minimum atomic E-state index is -3.07. The van der Waals surface area contributed by atoms with E-state index in [0.29, 0.717) is 12.8 Å². The highest BCUT2D eigenvalue weighted by Gasteiger charge is 2.31. The Labute approximate surface area is 112 Å². The summed E-state index contributed by atoms with van der Waals surface area (Å²) in [5.74, 6) is -1.31. The molecule has 1 aliphatic heterocycles. The van der Waals surface area contributed by atoms with E-state index in [9.17, 15) is 18.0 Å². The Bertz CT molecular complexity index is 448. The predicted molar refractivity (Wildman–Crippen MR) is 69.6 cm³/mol. The second kappa shape index (κ2) is 6.23. The van der Waals surface area contributed by atoms with E-state index in [4.69, 9.17) is 5.11 Å². The minimum absolute atomic E-state index is 0.0612. The third-order valence-corrected chi connectivity index (χ3v) is 5.10. The second-order valence-corrected chi connectivity index (χ2v) is 7.15. The lowest BCUT2D eigenvalue weighted by Gasteiger charge is -2.21. The van der Waals surface area contributed by atoms with Crippen LogP contribution in [0.4, 0.5) is 4.79 Å². The number of nitrogens with one attached hydrogen (secondary N) is 2. The molecular formula is C11H20N2O5S. The molecule has 19 heavy (non-hydrogen) atoms. The molecule has 1 fully saturated rings. The molecule has 0 saturated carbocycles. The number of aliphatic carboxylic acids is 1. The fourth-order valence-electron chi connectivity index (χ4n) is 1.96. The van der Waals surface area contributed by atoms with E-state index in [1.54, 1.807) is 6.92 Å². The second-order valence-electron chi connectivity index (χ2n) is 4.92. The summed E-state index contributed by atoms with van der Waals surface area (Å²) in [4.78, 5) is 22.7. The van der Waals surface area contributed by atoms with Gasteiger partial charge in [-0.3, -0.25) is 0 Å². The molecule has 1 aliphatic rings. The van der Waals surface area contributed by atoms with Gasteiger partial charge in [-0.1, -0.05) is 20.3 Å². The summed E-state index contributed by atoms with van der Waals surface area (Å²) in [5.41, 5.74) is 0. The van der Waals surface area contributed by atoms with Crippen molar-refractivity contribution >= 4 is 21.8 Å². The first-order valence-electron chi connectivity index (χ1n) is 6.25. The molecule has 1 saturated heterocycles. The van der Waals surface area contributed by atoms with E-state index in [1.807, 2.05) is 6.92 Å². The Morgan fingerprint density at radius 1 is 1.42 bits per heavy atom. The van der Waals surface area contributed by atoms with E-state index in [1.165, 1.54) is 0 Å². The highest BCUT2D eigenvalue weighted by Crippen LogP contribution is 2.12. The number of hydrogen-bond acceptors (Lipinski definition) is 4. The lowest BCUT2D eigenvalue weighted by atomic mass is 9.99. The van der Waals surface area contributed by atoms with Crippen molar-refractivity contribution < 1.29 is 23.1 Å². The maximum atomic E-state index is 11.7. The summed E-state index contributed by atoms with van der Waals surface area (Å²) >= 11 is 0. The SMILES string of the molecule is CC[C@@H](C)[C@H](NC(=O)N[C@@H]1CCS(=O)(=O)C1)C(=O)O. The van der Waals surface area contributed by atoms with Crippen LogP contribution in [0, 0.1) is 5.92 Å². The molecule has 0 radical (unpaired) electrons. The van der Waals surface area contributed by atoms with Crippen molar-refractivity contribution in [3.05, 3.63) is 0 Å². The average molecular weight is 292 g/mol. The van der Waals surface area contributed by atoms with Crippen LogP contribution in [0.15, 0.2) is 0 Å². The molecule has 0 spiro atoms. The Morgan fingerprint density at radius 2 is 2.05 bits per heavy atom. The first kappa shape index (κ1) is 15.7. The fourth-order valence-corrected chi connectivity index (χ4v) is 3.63. The first-order valence-corrected chi connectivity index (χ1v) is 8.07. The molecule has 3 atom stereocenters. The fraction of sp³-hybridized carbons (Fsp3) is 0.818. The van der Waals surface area contributed by atoms with Crippen molar-refractivity contribution in [2.75, 3.05) is 11.5 Å². The van der Waals surface area contributed by atoms with Gasteiger partial charge in [-0.15, -0.1) is 0 Å². The number of carbonyl (C=O) groups excluding carboxylic acids is 1. The number of amides is 2. The average Bonchev–Trinajstić information content (AvgIpc) is 2.64. The number of sulfone groups is 1. The maximum Gasteiger partial charge on any atom is 0.326 e. The third kappa shape index (κ3) is 4.70. The van der Waals surface area contributed by atoms with Crippen LogP contribution in [-0.2, 0) is 14.6 Å². The lowest BCUT2D eigenvalue weighted by Crippen LogP contribution is -2.51. The standard InChI is InChI=1S/C11H20N2O5S/c1-3-7(2)9(10(14)15)13-11(16)12-8-4-5-19(17,18)6-8/h7-9H,3-6H2,1-2H3,(H,14,15)(H2,12,13,16)/t7-,8-,9+/m1/s1. The van der Waals surface area contributed by atoms with Crippen molar-refractivity contribution in [1.82, 2.24) is 10.6 Å². The summed E-state index contributed by atoms with van der Waals surface area (Å²) in [7, 11) is -3.07. The van der Waals surface area contributed by atoms with Crippen molar-refractivity contribution in [3.63, 3.8) is 0 Å². The minimum Gasteiger partial charge on any atom is -0.480 e. The van der Waals surface area contributed by atoms with Crippen LogP contribution in [-0.4, -0.2) is 49.1 Å². The molecule has 0 bridgehead atoms. The summed E-state index contributed by atoms with van der Waals surface area (Å²) < 4.78 is 22.5. The molecular weight excluding hydrogens is 272 g/mol. The highest BCUT2D eigenvalue weighted by molar-refractivity contribution is 7.91. The molecule has 8 heteroatoms. The van der Waals surface area contributed by atoms with Gasteiger partial charge in [0.15, 0.2) is 9.84 Å². The van der Waals surface area contributed by atoms with Gasteiger partial charge in [0, 0.05) is 6.04 Å². The monoisotopic (exact) mass is 292 g/mol. The molecule has 110 valence electrons. The van der Waals surface area contributed by atoms with Crippen LogP contribution in [0.3, 0.4) is 0 Å². The van der Waals surface area contributed by atoms with Gasteiger partial charge in [0.1, 0.15) is 6.04 Å². The van der Waals surface area contributed by atoms with Gasteiger partial charge in [0.2, 0.25) is 0 Å². The lowest BCUT2D eigenvalue weighted by molar-refractivity contribution is -0.140. The van der Waals surface area contributed by atoms with E-state index >= 15 is 0 Å². The number of carbonyl (C=O) groups is 2. The zero-order chi connectivity index (χ0) is 14.6. The molecule has 0 unspecified atom stereocenters. The third-order valence-electron chi connectivity index (χ3n) is 3.33. The topological polar surface area (TPSA) is 113 Å². The molecule has 0 aromatic heterocycles. The van der Waals surface area contributed by atoms with Gasteiger partial charge in [-0.2, -0.15) is 0 Å².